The molecule has 7 heteroatoms. The molecule has 0 radical (unpaired) electrons. The molecule has 2 heterocycles. The Morgan fingerprint density at radius 2 is 1.92 bits per heavy atom. The van der Waals surface area contributed by atoms with Gasteiger partial charge in [-0.2, -0.15) is 0 Å². The zero-order chi connectivity index (χ0) is 16.7. The van der Waals surface area contributed by atoms with Crippen LogP contribution in [0.15, 0.2) is 51.6 Å². The molecule has 2 aliphatic heterocycles. The number of aliphatic imine (C=N–C) groups is 1. The number of hydrogen-bond donors (Lipinski definition) is 0. The molecule has 0 spiro atoms. The van der Waals surface area contributed by atoms with Crippen LogP contribution in [-0.2, 0) is 9.53 Å². The van der Waals surface area contributed by atoms with Crippen molar-refractivity contribution in [3.8, 4) is 11.5 Å². The highest BCUT2D eigenvalue weighted by Gasteiger charge is 2.26. The summed E-state index contributed by atoms with van der Waals surface area (Å²) in [5, 5.41) is 0. The van der Waals surface area contributed by atoms with Crippen molar-refractivity contribution in [3.63, 3.8) is 0 Å². The maximum absolute atomic E-state index is 13.8. The molecule has 4 rings (SSSR count). The fraction of sp³-hybridized carbons (Fsp3) is 0.0588. The van der Waals surface area contributed by atoms with Gasteiger partial charge in [0.25, 0.3) is 0 Å². The van der Waals surface area contributed by atoms with Crippen LogP contribution in [0.2, 0.25) is 0 Å². The first-order valence-corrected chi connectivity index (χ1v) is 7.78. The summed E-state index contributed by atoms with van der Waals surface area (Å²) in [6.45, 7) is 0.152. The van der Waals surface area contributed by atoms with Crippen molar-refractivity contribution in [3.05, 3.63) is 63.5 Å². The van der Waals surface area contributed by atoms with Gasteiger partial charge in [0.2, 0.25) is 12.7 Å². The van der Waals surface area contributed by atoms with Crippen molar-refractivity contribution < 1.29 is 23.4 Å². The largest absolute Gasteiger partial charge is 0.454 e. The number of cyclic esters (lactones) is 1. The molecule has 5 nitrogen and oxygen atoms in total. The first-order chi connectivity index (χ1) is 11.6. The van der Waals surface area contributed by atoms with Gasteiger partial charge in [-0.3, -0.25) is 0 Å². The summed E-state index contributed by atoms with van der Waals surface area (Å²) in [7, 11) is 0. The number of nitrogens with zero attached hydrogens (tertiary/aromatic N) is 1. The topological polar surface area (TPSA) is 57.1 Å². The molecule has 0 aromatic heterocycles. The van der Waals surface area contributed by atoms with Crippen molar-refractivity contribution >= 4 is 33.9 Å². The van der Waals surface area contributed by atoms with Crippen LogP contribution >= 0.6 is 15.9 Å². The summed E-state index contributed by atoms with van der Waals surface area (Å²) in [5.74, 6) is -0.00288. The number of fused-ring (bicyclic) bond motifs is 1. The quantitative estimate of drug-likeness (QED) is 0.580. The van der Waals surface area contributed by atoms with Crippen molar-refractivity contribution in [1.82, 2.24) is 0 Å². The molecule has 0 N–H and O–H groups in total. The number of esters is 1. The molecule has 0 saturated carbocycles. The van der Waals surface area contributed by atoms with Crippen LogP contribution in [0.25, 0.3) is 6.08 Å². The van der Waals surface area contributed by atoms with Crippen LogP contribution in [0.3, 0.4) is 0 Å². The number of rotatable bonds is 2. The van der Waals surface area contributed by atoms with Crippen LogP contribution in [0.4, 0.5) is 4.39 Å². The zero-order valence-corrected chi connectivity index (χ0v) is 13.7. The van der Waals surface area contributed by atoms with E-state index in [4.69, 9.17) is 14.2 Å². The van der Waals surface area contributed by atoms with Gasteiger partial charge in [-0.25, -0.2) is 14.2 Å². The van der Waals surface area contributed by atoms with E-state index in [9.17, 15) is 9.18 Å². The molecule has 2 aromatic carbocycles. The highest BCUT2D eigenvalue weighted by molar-refractivity contribution is 9.10. The van der Waals surface area contributed by atoms with Crippen molar-refractivity contribution in [2.45, 2.75) is 0 Å². The SMILES string of the molecule is O=C1OC(c2ccccc2F)=N/C1=C/c1cc2c(cc1Br)OCO2. The Bertz CT molecular complexity index is 923. The second kappa shape index (κ2) is 5.76. The molecule has 0 atom stereocenters. The van der Waals surface area contributed by atoms with Crippen LogP contribution in [-0.4, -0.2) is 18.7 Å². The van der Waals surface area contributed by atoms with E-state index >= 15 is 0 Å². The van der Waals surface area contributed by atoms with Gasteiger partial charge in [-0.15, -0.1) is 0 Å². The van der Waals surface area contributed by atoms with E-state index in [0.717, 1.165) is 0 Å². The van der Waals surface area contributed by atoms with Crippen LogP contribution in [0.1, 0.15) is 11.1 Å². The van der Waals surface area contributed by atoms with Gasteiger partial charge in [0.15, 0.2) is 17.2 Å². The molecular weight excluding hydrogens is 381 g/mol. The van der Waals surface area contributed by atoms with E-state index in [1.807, 2.05) is 0 Å². The number of ether oxygens (including phenoxy) is 3. The molecule has 0 amide bonds. The normalized spacial score (nSPS) is 17.2. The van der Waals surface area contributed by atoms with Gasteiger partial charge in [0.05, 0.1) is 5.56 Å². The molecular formula is C17H9BrFNO4. The minimum absolute atomic E-state index is 0.0544. The Balaban J connectivity index is 1.73. The van der Waals surface area contributed by atoms with Crippen molar-refractivity contribution in [2.24, 2.45) is 4.99 Å². The molecule has 120 valence electrons. The van der Waals surface area contributed by atoms with E-state index in [1.54, 1.807) is 30.3 Å². The molecule has 24 heavy (non-hydrogen) atoms. The molecule has 0 fully saturated rings. The lowest BCUT2D eigenvalue weighted by Gasteiger charge is -2.02. The lowest BCUT2D eigenvalue weighted by atomic mass is 10.1. The van der Waals surface area contributed by atoms with E-state index in [0.29, 0.717) is 21.5 Å². The Morgan fingerprint density at radius 1 is 1.17 bits per heavy atom. The van der Waals surface area contributed by atoms with Crippen molar-refractivity contribution in [2.75, 3.05) is 6.79 Å². The third-order valence-electron chi connectivity index (χ3n) is 3.51. The van der Waals surface area contributed by atoms with Gasteiger partial charge >= 0.3 is 5.97 Å². The second-order valence-corrected chi connectivity index (χ2v) is 5.90. The lowest BCUT2D eigenvalue weighted by Crippen LogP contribution is -2.07. The van der Waals surface area contributed by atoms with Gasteiger partial charge < -0.3 is 14.2 Å². The first kappa shape index (κ1) is 14.9. The molecule has 0 saturated heterocycles. The predicted molar refractivity (Wildman–Crippen MR) is 87.3 cm³/mol. The summed E-state index contributed by atoms with van der Waals surface area (Å²) in [6.07, 6.45) is 1.54. The molecule has 2 aromatic rings. The van der Waals surface area contributed by atoms with E-state index in [1.165, 1.54) is 12.1 Å². The zero-order valence-electron chi connectivity index (χ0n) is 12.1. The fourth-order valence-corrected chi connectivity index (χ4v) is 2.79. The minimum Gasteiger partial charge on any atom is -0.454 e. The monoisotopic (exact) mass is 389 g/mol. The summed E-state index contributed by atoms with van der Waals surface area (Å²) in [4.78, 5) is 16.1. The highest BCUT2D eigenvalue weighted by atomic mass is 79.9. The van der Waals surface area contributed by atoms with E-state index < -0.39 is 11.8 Å². The average molecular weight is 390 g/mol. The Kier molecular flexibility index (Phi) is 3.57. The van der Waals surface area contributed by atoms with Crippen molar-refractivity contribution in [1.29, 1.82) is 0 Å². The van der Waals surface area contributed by atoms with Gasteiger partial charge in [0, 0.05) is 4.47 Å². The Labute approximate surface area is 144 Å². The van der Waals surface area contributed by atoms with E-state index in [2.05, 4.69) is 20.9 Å². The Hall–Kier alpha value is -2.67. The molecule has 0 aliphatic carbocycles. The number of carbonyl (C=O) groups excluding carboxylic acids is 1. The van der Waals surface area contributed by atoms with Crippen LogP contribution in [0, 0.1) is 5.82 Å². The first-order valence-electron chi connectivity index (χ1n) is 6.98. The summed E-state index contributed by atoms with van der Waals surface area (Å²) in [5.41, 5.74) is 0.886. The number of benzene rings is 2. The van der Waals surface area contributed by atoms with Gasteiger partial charge in [-0.1, -0.05) is 28.1 Å². The maximum Gasteiger partial charge on any atom is 0.363 e. The van der Waals surface area contributed by atoms with Crippen LogP contribution < -0.4 is 9.47 Å². The average Bonchev–Trinajstić information content (AvgIpc) is 3.15. The van der Waals surface area contributed by atoms with E-state index in [-0.39, 0.29) is 24.0 Å². The second-order valence-electron chi connectivity index (χ2n) is 5.04. The highest BCUT2D eigenvalue weighted by Crippen LogP contribution is 2.38. The maximum atomic E-state index is 13.8. The fourth-order valence-electron chi connectivity index (χ4n) is 2.35. The minimum atomic E-state index is -0.641. The van der Waals surface area contributed by atoms with Gasteiger partial charge in [-0.05, 0) is 35.9 Å². The lowest BCUT2D eigenvalue weighted by molar-refractivity contribution is -0.129. The third kappa shape index (κ3) is 2.56. The summed E-state index contributed by atoms with van der Waals surface area (Å²) < 4.78 is 30.2. The number of carbonyl (C=O) groups is 1. The standard InChI is InChI=1S/C17H9BrFNO4/c18-11-7-15-14(22-8-23-15)6-9(11)5-13-17(21)24-16(20-13)10-3-1-2-4-12(10)19/h1-7H,8H2/b13-5+. The smallest absolute Gasteiger partial charge is 0.363 e. The Morgan fingerprint density at radius 3 is 2.71 bits per heavy atom. The predicted octanol–water partition coefficient (Wildman–Crippen LogP) is 3.66. The van der Waals surface area contributed by atoms with Gasteiger partial charge in [0.1, 0.15) is 5.82 Å². The molecule has 2 aliphatic rings. The molecule has 0 bridgehead atoms. The molecule has 0 unspecified atom stereocenters. The van der Waals surface area contributed by atoms with Crippen LogP contribution in [0.5, 0.6) is 11.5 Å². The number of halogens is 2. The number of hydrogen-bond acceptors (Lipinski definition) is 5. The summed E-state index contributed by atoms with van der Waals surface area (Å²) in [6, 6.07) is 9.45. The third-order valence-corrected chi connectivity index (χ3v) is 4.20. The summed E-state index contributed by atoms with van der Waals surface area (Å²) >= 11 is 3.41.